The summed E-state index contributed by atoms with van der Waals surface area (Å²) >= 11 is 4.21. The maximum atomic E-state index is 10.8. The number of hydrogen-bond acceptors (Lipinski definition) is 5. The first-order valence-electron chi connectivity index (χ1n) is 6.89. The minimum Gasteiger partial charge on any atom is -0.505 e. The minimum atomic E-state index is -0.966. The fourth-order valence-corrected chi connectivity index (χ4v) is 2.47. The van der Waals surface area contributed by atoms with Gasteiger partial charge in [-0.25, -0.2) is 4.79 Å². The Bertz CT molecular complexity index is 783. The highest BCUT2D eigenvalue weighted by atomic mass is 32.1. The predicted octanol–water partition coefficient (Wildman–Crippen LogP) is 3.74. The lowest BCUT2D eigenvalue weighted by Crippen LogP contribution is -1.99. The Kier molecular flexibility index (Phi) is 4.86. The van der Waals surface area contributed by atoms with Gasteiger partial charge in [0.1, 0.15) is 5.75 Å². The number of aromatic hydroxyl groups is 1. The Labute approximate surface area is 139 Å². The van der Waals surface area contributed by atoms with Gasteiger partial charge in [0.25, 0.3) is 0 Å². The molecular weight excluding hydrogens is 312 g/mol. The highest BCUT2D eigenvalue weighted by molar-refractivity contribution is 7.80. The van der Waals surface area contributed by atoms with Crippen LogP contribution in [-0.4, -0.2) is 16.2 Å². The summed E-state index contributed by atoms with van der Waals surface area (Å²) in [7, 11) is 0. The van der Waals surface area contributed by atoms with E-state index in [0.29, 0.717) is 10.5 Å². The summed E-state index contributed by atoms with van der Waals surface area (Å²) in [5.41, 5.74) is 9.25. The first-order chi connectivity index (χ1) is 10.8. The quantitative estimate of drug-likeness (QED) is 0.334. The van der Waals surface area contributed by atoms with Crippen LogP contribution in [0, 0.1) is 6.92 Å². The molecule has 0 saturated carbocycles. The second-order valence-corrected chi connectivity index (χ2v) is 5.71. The number of carboxylic acid groups (broad SMARTS) is 1. The van der Waals surface area contributed by atoms with E-state index in [1.807, 2.05) is 13.8 Å². The first-order valence-corrected chi connectivity index (χ1v) is 7.34. The van der Waals surface area contributed by atoms with Crippen molar-refractivity contribution in [3.05, 3.63) is 52.7 Å². The molecule has 0 atom stereocenters. The van der Waals surface area contributed by atoms with Gasteiger partial charge in [-0.15, -0.1) is 12.6 Å². The number of aromatic carboxylic acids is 1. The molecule has 0 bridgehead atoms. The van der Waals surface area contributed by atoms with Crippen LogP contribution in [0.25, 0.3) is 6.08 Å². The SMILES string of the molecule is C/C(=C\c1c(C)cc(S)c(N)c1O)Nc1ccc(C(=O)O)cc1. The summed E-state index contributed by atoms with van der Waals surface area (Å²) in [4.78, 5) is 11.4. The molecule has 5 nitrogen and oxygen atoms in total. The van der Waals surface area contributed by atoms with Crippen molar-refractivity contribution in [2.45, 2.75) is 18.7 Å². The van der Waals surface area contributed by atoms with E-state index in [9.17, 15) is 9.90 Å². The standard InChI is InChI=1S/C17H18N2O3S/c1-9-7-14(23)15(18)16(20)13(9)8-10(2)19-12-5-3-11(4-6-12)17(21)22/h3-8,19-20,23H,18H2,1-2H3,(H,21,22)/b10-8+. The Morgan fingerprint density at radius 3 is 2.48 bits per heavy atom. The molecule has 6 heteroatoms. The lowest BCUT2D eigenvalue weighted by atomic mass is 10.0. The molecule has 0 aliphatic heterocycles. The lowest BCUT2D eigenvalue weighted by molar-refractivity contribution is 0.0697. The normalized spacial score (nSPS) is 11.3. The number of allylic oxidation sites excluding steroid dienone is 1. The third kappa shape index (κ3) is 3.78. The van der Waals surface area contributed by atoms with Gasteiger partial charge < -0.3 is 21.3 Å². The van der Waals surface area contributed by atoms with Crippen molar-refractivity contribution in [3.63, 3.8) is 0 Å². The zero-order valence-electron chi connectivity index (χ0n) is 12.8. The summed E-state index contributed by atoms with van der Waals surface area (Å²) < 4.78 is 0. The summed E-state index contributed by atoms with van der Waals surface area (Å²) in [5, 5.41) is 22.2. The van der Waals surface area contributed by atoms with E-state index < -0.39 is 5.97 Å². The molecule has 0 saturated heterocycles. The maximum Gasteiger partial charge on any atom is 0.335 e. The smallest absolute Gasteiger partial charge is 0.335 e. The molecule has 120 valence electrons. The van der Waals surface area contributed by atoms with Gasteiger partial charge in [0.15, 0.2) is 0 Å². The van der Waals surface area contributed by atoms with Gasteiger partial charge >= 0.3 is 5.97 Å². The summed E-state index contributed by atoms with van der Waals surface area (Å²) in [6.45, 7) is 3.70. The fraction of sp³-hybridized carbons (Fsp3) is 0.118. The number of rotatable bonds is 4. The number of nitrogen functional groups attached to an aromatic ring is 1. The van der Waals surface area contributed by atoms with Gasteiger partial charge in [0, 0.05) is 21.8 Å². The molecule has 0 fully saturated rings. The maximum absolute atomic E-state index is 10.8. The molecule has 23 heavy (non-hydrogen) atoms. The second kappa shape index (κ2) is 6.66. The molecule has 0 aliphatic carbocycles. The Morgan fingerprint density at radius 1 is 1.30 bits per heavy atom. The number of benzene rings is 2. The average molecular weight is 330 g/mol. The van der Waals surface area contributed by atoms with Crippen LogP contribution in [0.4, 0.5) is 11.4 Å². The van der Waals surface area contributed by atoms with Crippen molar-refractivity contribution >= 4 is 36.0 Å². The largest absolute Gasteiger partial charge is 0.505 e. The molecule has 5 N–H and O–H groups in total. The van der Waals surface area contributed by atoms with Crippen molar-refractivity contribution in [2.24, 2.45) is 0 Å². The van der Waals surface area contributed by atoms with Crippen LogP contribution in [-0.2, 0) is 0 Å². The van der Waals surface area contributed by atoms with Gasteiger partial charge in [-0.1, -0.05) is 0 Å². The van der Waals surface area contributed by atoms with E-state index in [1.165, 1.54) is 12.1 Å². The van der Waals surface area contributed by atoms with E-state index in [4.69, 9.17) is 10.8 Å². The zero-order chi connectivity index (χ0) is 17.1. The van der Waals surface area contributed by atoms with E-state index in [1.54, 1.807) is 24.3 Å². The minimum absolute atomic E-state index is 0.00243. The molecule has 0 spiro atoms. The van der Waals surface area contributed by atoms with Crippen molar-refractivity contribution < 1.29 is 15.0 Å². The molecular formula is C17H18N2O3S. The molecule has 2 rings (SSSR count). The van der Waals surface area contributed by atoms with E-state index in [0.717, 1.165) is 16.9 Å². The fourth-order valence-electron chi connectivity index (χ4n) is 2.17. The molecule has 2 aromatic carbocycles. The third-order valence-electron chi connectivity index (χ3n) is 3.40. The molecule has 0 aromatic heterocycles. The number of phenols is 1. The number of carboxylic acids is 1. The van der Waals surface area contributed by atoms with Crippen LogP contribution >= 0.6 is 12.6 Å². The number of aryl methyl sites for hydroxylation is 1. The monoisotopic (exact) mass is 330 g/mol. The number of carbonyl (C=O) groups is 1. The lowest BCUT2D eigenvalue weighted by Gasteiger charge is -2.12. The van der Waals surface area contributed by atoms with Crippen LogP contribution in [0.1, 0.15) is 28.4 Å². The van der Waals surface area contributed by atoms with Crippen LogP contribution in [0.15, 0.2) is 40.9 Å². The van der Waals surface area contributed by atoms with Crippen molar-refractivity contribution in [1.29, 1.82) is 0 Å². The summed E-state index contributed by atoms with van der Waals surface area (Å²) in [6.07, 6.45) is 1.78. The van der Waals surface area contributed by atoms with Gasteiger partial charge in [0.05, 0.1) is 11.3 Å². The molecule has 0 unspecified atom stereocenters. The summed E-state index contributed by atoms with van der Waals surface area (Å²) in [5.74, 6) is -0.968. The van der Waals surface area contributed by atoms with Crippen LogP contribution in [0.5, 0.6) is 5.75 Å². The van der Waals surface area contributed by atoms with Gasteiger partial charge in [-0.3, -0.25) is 0 Å². The molecule has 2 aromatic rings. The number of phenolic OH excluding ortho intramolecular Hbond substituents is 1. The van der Waals surface area contributed by atoms with Crippen LogP contribution in [0.3, 0.4) is 0 Å². The van der Waals surface area contributed by atoms with Crippen molar-refractivity contribution in [2.75, 3.05) is 11.1 Å². The molecule has 0 heterocycles. The van der Waals surface area contributed by atoms with Gasteiger partial charge in [-0.2, -0.15) is 0 Å². The first kappa shape index (κ1) is 16.8. The van der Waals surface area contributed by atoms with Crippen LogP contribution in [0.2, 0.25) is 0 Å². The molecule has 0 radical (unpaired) electrons. The number of nitrogens with one attached hydrogen (secondary N) is 1. The zero-order valence-corrected chi connectivity index (χ0v) is 13.7. The topological polar surface area (TPSA) is 95.6 Å². The Morgan fingerprint density at radius 2 is 1.91 bits per heavy atom. The van der Waals surface area contributed by atoms with Gasteiger partial charge in [0.2, 0.25) is 0 Å². The Hall–Kier alpha value is -2.60. The molecule has 0 amide bonds. The van der Waals surface area contributed by atoms with Gasteiger partial charge in [-0.05, 0) is 55.8 Å². The highest BCUT2D eigenvalue weighted by Gasteiger charge is 2.10. The number of hydrogen-bond donors (Lipinski definition) is 5. The number of thiol groups is 1. The van der Waals surface area contributed by atoms with E-state index in [2.05, 4.69) is 17.9 Å². The average Bonchev–Trinajstić information content (AvgIpc) is 2.50. The third-order valence-corrected chi connectivity index (χ3v) is 3.77. The number of anilines is 2. The number of nitrogens with two attached hydrogens (primary N) is 1. The predicted molar refractivity (Wildman–Crippen MR) is 95.2 cm³/mol. The second-order valence-electron chi connectivity index (χ2n) is 5.22. The van der Waals surface area contributed by atoms with Crippen molar-refractivity contribution in [1.82, 2.24) is 0 Å². The highest BCUT2D eigenvalue weighted by Crippen LogP contribution is 2.35. The van der Waals surface area contributed by atoms with Crippen LogP contribution < -0.4 is 11.1 Å². The van der Waals surface area contributed by atoms with Crippen molar-refractivity contribution in [3.8, 4) is 5.75 Å². The summed E-state index contributed by atoms with van der Waals surface area (Å²) in [6, 6.07) is 8.19. The van der Waals surface area contributed by atoms with E-state index >= 15 is 0 Å². The Balaban J connectivity index is 2.27. The molecule has 0 aliphatic rings. The van der Waals surface area contributed by atoms with E-state index in [-0.39, 0.29) is 17.0 Å².